The molecule has 3 aromatic carbocycles. The van der Waals surface area contributed by atoms with Gasteiger partial charge in [0, 0.05) is 41.9 Å². The lowest BCUT2D eigenvalue weighted by atomic mass is 9.92. The highest BCUT2D eigenvalue weighted by atomic mass is 35.5. The van der Waals surface area contributed by atoms with Crippen LogP contribution in [0.5, 0.6) is 17.4 Å². The molecular formula is C33H33ClN6O3. The first kappa shape index (κ1) is 29.6. The average molecular weight is 597 g/mol. The summed E-state index contributed by atoms with van der Waals surface area (Å²) in [7, 11) is 0. The van der Waals surface area contributed by atoms with Gasteiger partial charge in [0.25, 0.3) is 0 Å². The largest absolute Gasteiger partial charge is 0.489 e. The summed E-state index contributed by atoms with van der Waals surface area (Å²) in [6, 6.07) is 26.4. The summed E-state index contributed by atoms with van der Waals surface area (Å²) in [6.45, 7) is 8.89. The maximum Gasteiger partial charge on any atom is 0.320 e. The Bertz CT molecular complexity index is 1720. The van der Waals surface area contributed by atoms with E-state index in [1.165, 1.54) is 6.20 Å². The van der Waals surface area contributed by atoms with E-state index >= 15 is 0 Å². The molecule has 0 saturated heterocycles. The van der Waals surface area contributed by atoms with Crippen molar-refractivity contribution in [2.45, 2.75) is 46.3 Å². The van der Waals surface area contributed by atoms with Gasteiger partial charge < -0.3 is 14.8 Å². The Hall–Kier alpha value is -4.89. The third-order valence-electron chi connectivity index (χ3n) is 6.60. The number of nitrogens with one attached hydrogen (secondary N) is 2. The molecule has 0 unspecified atom stereocenters. The molecule has 0 spiro atoms. The molecule has 2 N–H and O–H groups in total. The number of rotatable bonds is 9. The number of amides is 2. The summed E-state index contributed by atoms with van der Waals surface area (Å²) in [5.41, 5.74) is 4.19. The second-order valence-corrected chi connectivity index (χ2v) is 11.3. The number of hydrogen-bond acceptors (Lipinski definition) is 6. The van der Waals surface area contributed by atoms with E-state index in [0.717, 1.165) is 33.8 Å². The minimum Gasteiger partial charge on any atom is -0.489 e. The Balaban J connectivity index is 1.33. The molecule has 0 radical (unpaired) electrons. The van der Waals surface area contributed by atoms with Crippen LogP contribution in [0.3, 0.4) is 0 Å². The highest BCUT2D eigenvalue weighted by Crippen LogP contribution is 2.29. The van der Waals surface area contributed by atoms with Gasteiger partial charge in [0.05, 0.1) is 11.4 Å². The van der Waals surface area contributed by atoms with Gasteiger partial charge in [-0.2, -0.15) is 10.1 Å². The van der Waals surface area contributed by atoms with Crippen LogP contribution in [-0.2, 0) is 18.6 Å². The van der Waals surface area contributed by atoms with Crippen LogP contribution >= 0.6 is 11.6 Å². The number of anilines is 1. The fourth-order valence-electron chi connectivity index (χ4n) is 4.22. The van der Waals surface area contributed by atoms with E-state index in [9.17, 15) is 4.79 Å². The van der Waals surface area contributed by atoms with Crippen molar-refractivity contribution in [1.29, 1.82) is 0 Å². The Kier molecular flexibility index (Phi) is 8.92. The summed E-state index contributed by atoms with van der Waals surface area (Å²) >= 11 is 5.89. The van der Waals surface area contributed by atoms with Gasteiger partial charge >= 0.3 is 6.03 Å². The predicted octanol–water partition coefficient (Wildman–Crippen LogP) is 7.61. The lowest BCUT2D eigenvalue weighted by molar-refractivity contribution is 0.251. The fourth-order valence-corrected chi connectivity index (χ4v) is 4.36. The normalized spacial score (nSPS) is 11.2. The molecule has 0 bridgehead atoms. The molecular weight excluding hydrogens is 564 g/mol. The quantitative estimate of drug-likeness (QED) is 0.170. The number of para-hydroxylation sites is 1. The zero-order chi connectivity index (χ0) is 30.4. The van der Waals surface area contributed by atoms with Gasteiger partial charge in [-0.25, -0.2) is 14.5 Å². The SMILES string of the molecule is Cc1ccc(-n2nc(C(C)(C)C)cc2NC(=O)NCc2ccccc2Oc2ccnc(Cl)n2)cc1OCc1ccccc1. The highest BCUT2D eigenvalue weighted by Gasteiger charge is 2.22. The van der Waals surface area contributed by atoms with Gasteiger partial charge in [-0.1, -0.05) is 75.4 Å². The first-order valence-corrected chi connectivity index (χ1v) is 14.2. The van der Waals surface area contributed by atoms with Crippen molar-refractivity contribution >= 4 is 23.4 Å². The van der Waals surface area contributed by atoms with Crippen molar-refractivity contribution in [2.75, 3.05) is 5.32 Å². The molecule has 0 fully saturated rings. The predicted molar refractivity (Wildman–Crippen MR) is 167 cm³/mol. The number of carbonyl (C=O) groups excluding carboxylic acids is 1. The Morgan fingerprint density at radius 2 is 1.72 bits per heavy atom. The highest BCUT2D eigenvalue weighted by molar-refractivity contribution is 6.28. The zero-order valence-electron chi connectivity index (χ0n) is 24.5. The maximum absolute atomic E-state index is 13.2. The average Bonchev–Trinajstić information content (AvgIpc) is 3.41. The molecule has 220 valence electrons. The van der Waals surface area contributed by atoms with Crippen LogP contribution in [0.4, 0.5) is 10.6 Å². The van der Waals surface area contributed by atoms with Crippen molar-refractivity contribution in [3.8, 4) is 23.1 Å². The zero-order valence-corrected chi connectivity index (χ0v) is 25.2. The number of carbonyl (C=O) groups is 1. The molecule has 0 aliphatic heterocycles. The van der Waals surface area contributed by atoms with Gasteiger partial charge in [-0.3, -0.25) is 5.32 Å². The number of halogens is 1. The molecule has 2 heterocycles. The van der Waals surface area contributed by atoms with E-state index in [1.807, 2.05) is 79.7 Å². The number of aryl methyl sites for hydroxylation is 1. The van der Waals surface area contributed by atoms with Crippen molar-refractivity contribution in [1.82, 2.24) is 25.1 Å². The van der Waals surface area contributed by atoms with Crippen LogP contribution in [0.1, 0.15) is 43.2 Å². The van der Waals surface area contributed by atoms with Crippen molar-refractivity contribution in [3.05, 3.63) is 119 Å². The van der Waals surface area contributed by atoms with Crippen LogP contribution in [0, 0.1) is 6.92 Å². The van der Waals surface area contributed by atoms with E-state index in [0.29, 0.717) is 24.1 Å². The molecule has 0 aliphatic rings. The number of ether oxygens (including phenoxy) is 2. The number of benzene rings is 3. The molecule has 2 aromatic heterocycles. The molecule has 9 nitrogen and oxygen atoms in total. The summed E-state index contributed by atoms with van der Waals surface area (Å²) in [5.74, 6) is 2.12. The Morgan fingerprint density at radius 1 is 0.953 bits per heavy atom. The van der Waals surface area contributed by atoms with Crippen LogP contribution in [0.15, 0.2) is 91.1 Å². The molecule has 0 aliphatic carbocycles. The molecule has 5 aromatic rings. The van der Waals surface area contributed by atoms with Gasteiger partial charge in [-0.15, -0.1) is 0 Å². The fraction of sp³-hybridized carbons (Fsp3) is 0.212. The monoisotopic (exact) mass is 596 g/mol. The van der Waals surface area contributed by atoms with Crippen molar-refractivity contribution in [2.24, 2.45) is 0 Å². The first-order valence-electron chi connectivity index (χ1n) is 13.8. The first-order chi connectivity index (χ1) is 20.7. The van der Waals surface area contributed by atoms with E-state index in [4.69, 9.17) is 26.2 Å². The lowest BCUT2D eigenvalue weighted by Gasteiger charge is -2.15. The molecule has 5 rings (SSSR count). The maximum atomic E-state index is 13.2. The molecule has 43 heavy (non-hydrogen) atoms. The summed E-state index contributed by atoms with van der Waals surface area (Å²) in [5, 5.41) is 10.8. The van der Waals surface area contributed by atoms with Gasteiger partial charge in [0.1, 0.15) is 23.9 Å². The Morgan fingerprint density at radius 3 is 2.49 bits per heavy atom. The molecule has 10 heteroatoms. The third-order valence-corrected chi connectivity index (χ3v) is 6.78. The standard InChI is InChI=1S/C33H33ClN6O3/c1-22-14-15-25(18-27(22)42-21-23-10-6-5-7-11-23)40-29(19-28(39-40)33(2,3)4)37-32(41)36-20-24-12-8-9-13-26(24)43-30-16-17-35-31(34)38-30/h5-19H,20-21H2,1-4H3,(H2,36,37,41). The number of urea groups is 1. The van der Waals surface area contributed by atoms with Crippen molar-refractivity contribution < 1.29 is 14.3 Å². The number of nitrogens with zero attached hydrogens (tertiary/aromatic N) is 4. The van der Waals surface area contributed by atoms with Gasteiger partial charge in [0.15, 0.2) is 0 Å². The van der Waals surface area contributed by atoms with Gasteiger partial charge in [-0.05, 0) is 41.8 Å². The molecule has 0 atom stereocenters. The van der Waals surface area contributed by atoms with Crippen LogP contribution < -0.4 is 20.1 Å². The van der Waals surface area contributed by atoms with Crippen molar-refractivity contribution in [3.63, 3.8) is 0 Å². The van der Waals surface area contributed by atoms with E-state index in [1.54, 1.807) is 16.8 Å². The lowest BCUT2D eigenvalue weighted by Crippen LogP contribution is -2.29. The van der Waals surface area contributed by atoms with E-state index in [2.05, 4.69) is 41.4 Å². The van der Waals surface area contributed by atoms with Gasteiger partial charge in [0.2, 0.25) is 11.2 Å². The molecule has 0 saturated carbocycles. The van der Waals surface area contributed by atoms with E-state index in [-0.39, 0.29) is 17.2 Å². The second kappa shape index (κ2) is 13.0. The summed E-state index contributed by atoms with van der Waals surface area (Å²) in [6.07, 6.45) is 1.51. The number of aromatic nitrogens is 4. The topological polar surface area (TPSA) is 103 Å². The second-order valence-electron chi connectivity index (χ2n) is 11.0. The molecule has 2 amide bonds. The smallest absolute Gasteiger partial charge is 0.320 e. The summed E-state index contributed by atoms with van der Waals surface area (Å²) in [4.78, 5) is 21.1. The van der Waals surface area contributed by atoms with Crippen LogP contribution in [0.25, 0.3) is 5.69 Å². The van der Waals surface area contributed by atoms with Crippen LogP contribution in [0.2, 0.25) is 5.28 Å². The van der Waals surface area contributed by atoms with E-state index < -0.39 is 6.03 Å². The Labute approximate surface area is 255 Å². The minimum absolute atomic E-state index is 0.0853. The third kappa shape index (κ3) is 7.69. The summed E-state index contributed by atoms with van der Waals surface area (Å²) < 4.78 is 13.8. The number of hydrogen-bond donors (Lipinski definition) is 2. The minimum atomic E-state index is -0.394. The van der Waals surface area contributed by atoms with Crippen LogP contribution in [-0.4, -0.2) is 25.8 Å².